The number of nitrogens with one attached hydrogen (secondary N) is 1. The number of aromatic nitrogens is 2. The van der Waals surface area contributed by atoms with Crippen molar-refractivity contribution in [1.82, 2.24) is 9.78 Å². The smallest absolute Gasteiger partial charge is 0.133 e. The van der Waals surface area contributed by atoms with Gasteiger partial charge < -0.3 is 5.32 Å². The van der Waals surface area contributed by atoms with Crippen LogP contribution in [0.15, 0.2) is 18.2 Å². The minimum Gasteiger partial charge on any atom is -0.369 e. The first-order valence-electron chi connectivity index (χ1n) is 6.86. The topological polar surface area (TPSA) is 29.9 Å². The molecule has 1 N–H and O–H groups in total. The number of fused-ring (bicyclic) bond motifs is 1. The van der Waals surface area contributed by atoms with Crippen LogP contribution < -0.4 is 5.32 Å². The molecule has 0 bridgehead atoms. The summed E-state index contributed by atoms with van der Waals surface area (Å²) in [5.41, 5.74) is 3.37. The summed E-state index contributed by atoms with van der Waals surface area (Å²) in [7, 11) is 0. The second-order valence-corrected chi connectivity index (χ2v) is 6.40. The number of hydrogen-bond acceptors (Lipinski definition) is 2. The van der Waals surface area contributed by atoms with Crippen molar-refractivity contribution in [2.75, 3.05) is 11.9 Å². The fourth-order valence-corrected chi connectivity index (χ4v) is 3.11. The van der Waals surface area contributed by atoms with E-state index in [2.05, 4.69) is 19.2 Å². The van der Waals surface area contributed by atoms with Gasteiger partial charge in [0.25, 0.3) is 0 Å². The summed E-state index contributed by atoms with van der Waals surface area (Å²) in [6.45, 7) is 5.38. The Labute approximate surface area is 128 Å². The molecule has 0 spiro atoms. The molecule has 0 radical (unpaired) electrons. The van der Waals surface area contributed by atoms with Gasteiger partial charge in [-0.1, -0.05) is 37.0 Å². The molecule has 0 atom stereocenters. The van der Waals surface area contributed by atoms with Gasteiger partial charge in [0, 0.05) is 17.1 Å². The van der Waals surface area contributed by atoms with Crippen molar-refractivity contribution in [3.8, 4) is 5.69 Å². The van der Waals surface area contributed by atoms with Gasteiger partial charge >= 0.3 is 0 Å². The Morgan fingerprint density at radius 3 is 2.85 bits per heavy atom. The number of benzene rings is 1. The van der Waals surface area contributed by atoms with Crippen molar-refractivity contribution >= 4 is 29.0 Å². The van der Waals surface area contributed by atoms with Crippen LogP contribution in [-0.2, 0) is 12.8 Å². The quantitative estimate of drug-likeness (QED) is 0.913. The SMILES string of the molecule is CC(C)Cc1nn(-c2ccc(Cl)cc2Cl)c2c1CCN2. The van der Waals surface area contributed by atoms with Crippen LogP contribution >= 0.6 is 23.2 Å². The summed E-state index contributed by atoms with van der Waals surface area (Å²) < 4.78 is 1.92. The first kappa shape index (κ1) is 13.8. The molecular weight excluding hydrogens is 293 g/mol. The maximum atomic E-state index is 6.31. The minimum absolute atomic E-state index is 0.587. The fraction of sp³-hybridized carbons (Fsp3) is 0.400. The van der Waals surface area contributed by atoms with E-state index in [4.69, 9.17) is 28.3 Å². The average molecular weight is 310 g/mol. The van der Waals surface area contributed by atoms with Gasteiger partial charge in [0.1, 0.15) is 5.82 Å². The van der Waals surface area contributed by atoms with Gasteiger partial charge in [-0.2, -0.15) is 5.10 Å². The molecule has 1 aromatic carbocycles. The Morgan fingerprint density at radius 2 is 2.15 bits per heavy atom. The lowest BCUT2D eigenvalue weighted by molar-refractivity contribution is 0.624. The molecule has 0 saturated heterocycles. The third-order valence-corrected chi connectivity index (χ3v) is 4.01. The Morgan fingerprint density at radius 1 is 1.35 bits per heavy atom. The maximum Gasteiger partial charge on any atom is 0.133 e. The molecule has 5 heteroatoms. The monoisotopic (exact) mass is 309 g/mol. The molecule has 0 amide bonds. The Bertz CT molecular complexity index is 647. The zero-order valence-electron chi connectivity index (χ0n) is 11.6. The molecule has 1 aliphatic heterocycles. The van der Waals surface area contributed by atoms with E-state index in [1.54, 1.807) is 6.07 Å². The molecule has 0 aliphatic carbocycles. The van der Waals surface area contributed by atoms with E-state index in [0.29, 0.717) is 16.0 Å². The van der Waals surface area contributed by atoms with Gasteiger partial charge in [0.05, 0.1) is 16.4 Å². The van der Waals surface area contributed by atoms with E-state index in [1.165, 1.54) is 11.3 Å². The number of nitrogens with zero attached hydrogens (tertiary/aromatic N) is 2. The lowest BCUT2D eigenvalue weighted by Gasteiger charge is -2.08. The van der Waals surface area contributed by atoms with Gasteiger partial charge in [0.2, 0.25) is 0 Å². The predicted octanol–water partition coefficient (Wildman–Crippen LogP) is 4.35. The van der Waals surface area contributed by atoms with Crippen LogP contribution in [0.4, 0.5) is 5.82 Å². The van der Waals surface area contributed by atoms with Crippen molar-refractivity contribution in [3.63, 3.8) is 0 Å². The molecule has 1 aromatic heterocycles. The summed E-state index contributed by atoms with van der Waals surface area (Å²) in [6, 6.07) is 5.51. The maximum absolute atomic E-state index is 6.31. The van der Waals surface area contributed by atoms with Gasteiger partial charge in [-0.3, -0.25) is 0 Å². The molecule has 106 valence electrons. The van der Waals surface area contributed by atoms with Gasteiger partial charge in [-0.25, -0.2) is 4.68 Å². The van der Waals surface area contributed by atoms with Crippen LogP contribution in [0.5, 0.6) is 0 Å². The van der Waals surface area contributed by atoms with E-state index in [1.807, 2.05) is 16.8 Å². The molecule has 3 rings (SSSR count). The molecule has 0 saturated carbocycles. The first-order valence-corrected chi connectivity index (χ1v) is 7.62. The summed E-state index contributed by atoms with van der Waals surface area (Å²) in [6.07, 6.45) is 2.02. The molecule has 2 aromatic rings. The largest absolute Gasteiger partial charge is 0.369 e. The summed E-state index contributed by atoms with van der Waals surface area (Å²) in [5, 5.41) is 9.43. The molecule has 0 unspecified atom stereocenters. The Balaban J connectivity index is 2.10. The second kappa shape index (κ2) is 5.30. The summed E-state index contributed by atoms with van der Waals surface area (Å²) in [5.74, 6) is 1.66. The lowest BCUT2D eigenvalue weighted by atomic mass is 10.0. The first-order chi connectivity index (χ1) is 9.56. The number of anilines is 1. The molecule has 3 nitrogen and oxygen atoms in total. The van der Waals surface area contributed by atoms with Gasteiger partial charge in [0.15, 0.2) is 0 Å². The molecule has 1 aliphatic rings. The summed E-state index contributed by atoms with van der Waals surface area (Å²) in [4.78, 5) is 0. The highest BCUT2D eigenvalue weighted by atomic mass is 35.5. The van der Waals surface area contributed by atoms with Crippen LogP contribution in [0.1, 0.15) is 25.1 Å². The highest BCUT2D eigenvalue weighted by Crippen LogP contribution is 2.33. The van der Waals surface area contributed by atoms with Crippen molar-refractivity contribution in [2.24, 2.45) is 5.92 Å². The van der Waals surface area contributed by atoms with E-state index in [-0.39, 0.29) is 0 Å². The number of halogens is 2. The van der Waals surface area contributed by atoms with Crippen molar-refractivity contribution < 1.29 is 0 Å². The van der Waals surface area contributed by atoms with Crippen LogP contribution in [0, 0.1) is 5.92 Å². The third-order valence-electron chi connectivity index (χ3n) is 3.47. The summed E-state index contributed by atoms with van der Waals surface area (Å²) >= 11 is 12.3. The van der Waals surface area contributed by atoms with E-state index in [0.717, 1.165) is 30.9 Å². The van der Waals surface area contributed by atoms with Crippen LogP contribution in [0.25, 0.3) is 5.69 Å². The van der Waals surface area contributed by atoms with Crippen LogP contribution in [0.2, 0.25) is 10.0 Å². The number of hydrogen-bond donors (Lipinski definition) is 1. The standard InChI is InChI=1S/C15H17Cl2N3/c1-9(2)7-13-11-5-6-18-15(11)20(19-13)14-4-3-10(16)8-12(14)17/h3-4,8-9,18H,5-7H2,1-2H3. The molecule has 20 heavy (non-hydrogen) atoms. The Hall–Kier alpha value is -1.19. The van der Waals surface area contributed by atoms with Crippen LogP contribution in [-0.4, -0.2) is 16.3 Å². The normalized spacial score (nSPS) is 13.7. The van der Waals surface area contributed by atoms with E-state index in [9.17, 15) is 0 Å². The van der Waals surface area contributed by atoms with Gasteiger partial charge in [-0.15, -0.1) is 0 Å². The second-order valence-electron chi connectivity index (χ2n) is 5.56. The van der Waals surface area contributed by atoms with Crippen molar-refractivity contribution in [2.45, 2.75) is 26.7 Å². The fourth-order valence-electron chi connectivity index (χ4n) is 2.62. The molecule has 0 fully saturated rings. The lowest BCUT2D eigenvalue weighted by Crippen LogP contribution is -2.06. The zero-order chi connectivity index (χ0) is 14.3. The number of rotatable bonds is 3. The molecule has 2 heterocycles. The predicted molar refractivity (Wildman–Crippen MR) is 84.3 cm³/mol. The average Bonchev–Trinajstić information content (AvgIpc) is 2.93. The minimum atomic E-state index is 0.587. The van der Waals surface area contributed by atoms with Crippen molar-refractivity contribution in [1.29, 1.82) is 0 Å². The highest BCUT2D eigenvalue weighted by Gasteiger charge is 2.24. The van der Waals surface area contributed by atoms with Crippen LogP contribution in [0.3, 0.4) is 0 Å². The third kappa shape index (κ3) is 2.40. The van der Waals surface area contributed by atoms with E-state index >= 15 is 0 Å². The zero-order valence-corrected chi connectivity index (χ0v) is 13.1. The Kier molecular flexibility index (Phi) is 3.65. The van der Waals surface area contributed by atoms with Gasteiger partial charge in [-0.05, 0) is 37.0 Å². The van der Waals surface area contributed by atoms with E-state index < -0.39 is 0 Å². The highest BCUT2D eigenvalue weighted by molar-refractivity contribution is 6.35. The van der Waals surface area contributed by atoms with Crippen molar-refractivity contribution in [3.05, 3.63) is 39.5 Å². The molecular formula is C15H17Cl2N3.